The third kappa shape index (κ3) is 2.14. The number of hydrogen-bond donors (Lipinski definition) is 2. The third-order valence-corrected chi connectivity index (χ3v) is 3.19. The molecule has 18 heavy (non-hydrogen) atoms. The zero-order chi connectivity index (χ0) is 12.4. The lowest BCUT2D eigenvalue weighted by molar-refractivity contribution is 0.105. The Morgan fingerprint density at radius 3 is 2.89 bits per heavy atom. The van der Waals surface area contributed by atoms with Gasteiger partial charge in [-0.25, -0.2) is 4.98 Å². The Bertz CT molecular complexity index is 505. The van der Waals surface area contributed by atoms with Crippen molar-refractivity contribution in [2.45, 2.75) is 25.0 Å². The summed E-state index contributed by atoms with van der Waals surface area (Å²) in [6, 6.07) is 9.55. The van der Waals surface area contributed by atoms with Gasteiger partial charge in [-0.1, -0.05) is 30.3 Å². The lowest BCUT2D eigenvalue weighted by Crippen LogP contribution is -2.13. The van der Waals surface area contributed by atoms with Crippen molar-refractivity contribution in [3.8, 4) is 0 Å². The van der Waals surface area contributed by atoms with Crippen LogP contribution in [0.15, 0.2) is 30.3 Å². The van der Waals surface area contributed by atoms with Crippen LogP contribution in [0, 0.1) is 0 Å². The van der Waals surface area contributed by atoms with E-state index in [1.54, 1.807) is 0 Å². The molecule has 1 saturated heterocycles. The van der Waals surface area contributed by atoms with Crippen molar-refractivity contribution in [3.05, 3.63) is 47.5 Å². The standard InChI is InChI=1S/C13H16N4O/c14-11(9-5-2-1-3-6-9)13-15-12(16-17-13)10-7-4-8-18-10/h1-3,5-6,10-11H,4,7-8,14H2,(H,15,16,17)/t10-,11-/m1/s1. The van der Waals surface area contributed by atoms with Crippen LogP contribution in [0.1, 0.15) is 42.2 Å². The lowest BCUT2D eigenvalue weighted by Gasteiger charge is -2.07. The molecule has 0 radical (unpaired) electrons. The number of aromatic nitrogens is 3. The molecular weight excluding hydrogens is 228 g/mol. The second kappa shape index (κ2) is 4.88. The minimum Gasteiger partial charge on any atom is -0.370 e. The number of nitrogens with two attached hydrogens (primary N) is 1. The van der Waals surface area contributed by atoms with Gasteiger partial charge >= 0.3 is 0 Å². The van der Waals surface area contributed by atoms with Gasteiger partial charge in [-0.3, -0.25) is 5.10 Å². The Hall–Kier alpha value is -1.72. The number of nitrogens with one attached hydrogen (secondary N) is 1. The van der Waals surface area contributed by atoms with Crippen molar-refractivity contribution in [2.75, 3.05) is 6.61 Å². The van der Waals surface area contributed by atoms with Gasteiger partial charge in [-0.2, -0.15) is 5.10 Å². The first-order valence-corrected chi connectivity index (χ1v) is 6.19. The van der Waals surface area contributed by atoms with Gasteiger partial charge in [0.25, 0.3) is 0 Å². The number of hydrogen-bond acceptors (Lipinski definition) is 4. The molecular formula is C13H16N4O. The van der Waals surface area contributed by atoms with Crippen LogP contribution in [0.5, 0.6) is 0 Å². The summed E-state index contributed by atoms with van der Waals surface area (Å²) in [4.78, 5) is 4.45. The van der Waals surface area contributed by atoms with Gasteiger partial charge in [-0.05, 0) is 18.4 Å². The number of H-pyrrole nitrogens is 1. The van der Waals surface area contributed by atoms with Gasteiger partial charge in [0.15, 0.2) is 11.6 Å². The number of benzene rings is 1. The van der Waals surface area contributed by atoms with Crippen LogP contribution >= 0.6 is 0 Å². The first kappa shape index (κ1) is 11.4. The Kier molecular flexibility index (Phi) is 3.08. The van der Waals surface area contributed by atoms with E-state index in [2.05, 4.69) is 15.2 Å². The highest BCUT2D eigenvalue weighted by atomic mass is 16.5. The highest BCUT2D eigenvalue weighted by Gasteiger charge is 2.23. The van der Waals surface area contributed by atoms with Crippen molar-refractivity contribution in [1.82, 2.24) is 15.2 Å². The largest absolute Gasteiger partial charge is 0.370 e. The summed E-state index contributed by atoms with van der Waals surface area (Å²) < 4.78 is 5.56. The smallest absolute Gasteiger partial charge is 0.171 e. The number of nitrogens with zero attached hydrogens (tertiary/aromatic N) is 2. The van der Waals surface area contributed by atoms with Crippen LogP contribution in [0.4, 0.5) is 0 Å². The third-order valence-electron chi connectivity index (χ3n) is 3.19. The number of ether oxygens (including phenoxy) is 1. The van der Waals surface area contributed by atoms with E-state index in [4.69, 9.17) is 10.5 Å². The summed E-state index contributed by atoms with van der Waals surface area (Å²) in [6.45, 7) is 0.797. The second-order valence-corrected chi connectivity index (χ2v) is 4.47. The highest BCUT2D eigenvalue weighted by Crippen LogP contribution is 2.26. The molecule has 1 aliphatic rings. The second-order valence-electron chi connectivity index (χ2n) is 4.47. The van der Waals surface area contributed by atoms with Gasteiger partial charge in [-0.15, -0.1) is 0 Å². The molecule has 5 heteroatoms. The maximum absolute atomic E-state index is 6.14. The van der Waals surface area contributed by atoms with E-state index in [0.717, 1.165) is 30.8 Å². The van der Waals surface area contributed by atoms with E-state index in [0.29, 0.717) is 5.82 Å². The Morgan fingerprint density at radius 1 is 1.33 bits per heavy atom. The zero-order valence-corrected chi connectivity index (χ0v) is 10.0. The zero-order valence-electron chi connectivity index (χ0n) is 10.0. The summed E-state index contributed by atoms with van der Waals surface area (Å²) in [7, 11) is 0. The van der Waals surface area contributed by atoms with Gasteiger partial charge in [0.1, 0.15) is 6.10 Å². The highest BCUT2D eigenvalue weighted by molar-refractivity contribution is 5.23. The van der Waals surface area contributed by atoms with Crippen LogP contribution in [0.3, 0.4) is 0 Å². The first-order valence-electron chi connectivity index (χ1n) is 6.19. The maximum Gasteiger partial charge on any atom is 0.171 e. The summed E-state index contributed by atoms with van der Waals surface area (Å²) in [6.07, 6.45) is 2.12. The van der Waals surface area contributed by atoms with E-state index in [1.165, 1.54) is 0 Å². The lowest BCUT2D eigenvalue weighted by atomic mass is 10.1. The monoisotopic (exact) mass is 244 g/mol. The molecule has 0 saturated carbocycles. The Labute approximate surface area is 105 Å². The minimum absolute atomic E-state index is 0.0502. The van der Waals surface area contributed by atoms with Gasteiger partial charge in [0, 0.05) is 6.61 Å². The normalized spacial score (nSPS) is 21.1. The molecule has 3 rings (SSSR count). The molecule has 2 aromatic rings. The van der Waals surface area contributed by atoms with Crippen molar-refractivity contribution in [2.24, 2.45) is 5.73 Å². The molecule has 1 aromatic carbocycles. The van der Waals surface area contributed by atoms with Crippen LogP contribution in [0.2, 0.25) is 0 Å². The molecule has 3 N–H and O–H groups in total. The SMILES string of the molecule is N[C@H](c1ccccc1)c1n[nH]c([C@H]2CCCO2)n1. The predicted octanol–water partition coefficient (Wildman–Crippen LogP) is 1.70. The molecule has 0 spiro atoms. The van der Waals surface area contributed by atoms with E-state index >= 15 is 0 Å². The van der Waals surface area contributed by atoms with Gasteiger partial charge < -0.3 is 10.5 Å². The van der Waals surface area contributed by atoms with Crippen LogP contribution < -0.4 is 5.73 Å². The van der Waals surface area contributed by atoms with E-state index < -0.39 is 0 Å². The molecule has 5 nitrogen and oxygen atoms in total. The molecule has 0 aliphatic carbocycles. The van der Waals surface area contributed by atoms with Crippen molar-refractivity contribution in [1.29, 1.82) is 0 Å². The number of aromatic amines is 1. The fraction of sp³-hybridized carbons (Fsp3) is 0.385. The van der Waals surface area contributed by atoms with Crippen LogP contribution in [0.25, 0.3) is 0 Å². The Balaban J connectivity index is 1.80. The molecule has 2 heterocycles. The first-order chi connectivity index (χ1) is 8.84. The molecule has 2 atom stereocenters. The average Bonchev–Trinajstić information content (AvgIpc) is 3.09. The fourth-order valence-corrected chi connectivity index (χ4v) is 2.17. The van der Waals surface area contributed by atoms with Crippen LogP contribution in [-0.2, 0) is 4.74 Å². The molecule has 0 unspecified atom stereocenters. The summed E-state index contributed by atoms with van der Waals surface area (Å²) in [5, 5.41) is 7.13. The van der Waals surface area contributed by atoms with Gasteiger partial charge in [0.05, 0.1) is 6.04 Å². The van der Waals surface area contributed by atoms with Crippen molar-refractivity contribution < 1.29 is 4.74 Å². The minimum atomic E-state index is -0.294. The molecule has 1 fully saturated rings. The molecule has 0 amide bonds. The predicted molar refractivity (Wildman–Crippen MR) is 66.8 cm³/mol. The topological polar surface area (TPSA) is 76.8 Å². The van der Waals surface area contributed by atoms with Crippen molar-refractivity contribution >= 4 is 0 Å². The fourth-order valence-electron chi connectivity index (χ4n) is 2.17. The summed E-state index contributed by atoms with van der Waals surface area (Å²) >= 11 is 0. The van der Waals surface area contributed by atoms with E-state index in [-0.39, 0.29) is 12.1 Å². The molecule has 1 aromatic heterocycles. The molecule has 0 bridgehead atoms. The van der Waals surface area contributed by atoms with E-state index in [9.17, 15) is 0 Å². The summed E-state index contributed by atoms with van der Waals surface area (Å²) in [5.74, 6) is 1.40. The number of rotatable bonds is 3. The van der Waals surface area contributed by atoms with Crippen molar-refractivity contribution in [3.63, 3.8) is 0 Å². The summed E-state index contributed by atoms with van der Waals surface area (Å²) in [5.41, 5.74) is 7.15. The molecule has 94 valence electrons. The quantitative estimate of drug-likeness (QED) is 0.861. The van der Waals surface area contributed by atoms with Gasteiger partial charge in [0.2, 0.25) is 0 Å². The average molecular weight is 244 g/mol. The maximum atomic E-state index is 6.14. The Morgan fingerprint density at radius 2 is 2.17 bits per heavy atom. The van der Waals surface area contributed by atoms with E-state index in [1.807, 2.05) is 30.3 Å². The van der Waals surface area contributed by atoms with Crippen LogP contribution in [-0.4, -0.2) is 21.8 Å². The molecule has 1 aliphatic heterocycles.